The highest BCUT2D eigenvalue weighted by Crippen LogP contribution is 2.53. The quantitative estimate of drug-likeness (QED) is 0.623. The second-order valence-corrected chi connectivity index (χ2v) is 6.82. The third-order valence-corrected chi connectivity index (χ3v) is 6.44. The Morgan fingerprint density at radius 1 is 1.00 bits per heavy atom. The minimum atomic E-state index is 1.10. The van der Waals surface area contributed by atoms with Crippen LogP contribution in [0, 0.1) is 0 Å². The molecular weight excluding hydrogens is 232 g/mol. The molecule has 0 fully saturated rings. The smallest absolute Gasteiger partial charge is 0.0705 e. The number of hydrogen-bond donors (Lipinski definition) is 1. The lowest BCUT2D eigenvalue weighted by Gasteiger charge is -1.98. The van der Waals surface area contributed by atoms with Gasteiger partial charge in [0.2, 0.25) is 0 Å². The zero-order chi connectivity index (χ0) is 7.68. The fraction of sp³-hybridized carbons (Fsp3) is 0. The zero-order valence-corrected chi connectivity index (χ0v) is 9.47. The van der Waals surface area contributed by atoms with Gasteiger partial charge in [-0.3, -0.25) is 0 Å². The van der Waals surface area contributed by atoms with E-state index in [9.17, 15) is 0 Å². The van der Waals surface area contributed by atoms with Crippen LogP contribution >= 0.6 is 59.7 Å². The van der Waals surface area contributed by atoms with E-state index in [1.807, 2.05) is 0 Å². The minimum Gasteiger partial charge on any atom is -0.136 e. The van der Waals surface area contributed by atoms with Crippen LogP contribution in [0.1, 0.15) is 0 Å². The molecule has 5 heteroatoms. The lowest BCUT2D eigenvalue weighted by atomic mass is 11.2. The molecule has 2 rings (SSSR count). The molecule has 0 atom stereocenters. The van der Waals surface area contributed by atoms with E-state index in [0.717, 1.165) is 4.24 Å². The first-order valence-electron chi connectivity index (χ1n) is 2.82. The molecule has 2 heterocycles. The Morgan fingerprint density at radius 2 is 1.73 bits per heavy atom. The molecule has 0 unspecified atom stereocenters. The van der Waals surface area contributed by atoms with Gasteiger partial charge in [-0.2, -0.15) is 0 Å². The average Bonchev–Trinajstić information content (AvgIpc) is 2.55. The van der Waals surface area contributed by atoms with Gasteiger partial charge < -0.3 is 0 Å². The van der Waals surface area contributed by atoms with Crippen molar-refractivity contribution in [3.05, 3.63) is 28.9 Å². The van der Waals surface area contributed by atoms with E-state index in [-0.39, 0.29) is 0 Å². The molecular formula is C6H4S5. The number of thioether (sulfide) groups is 4. The van der Waals surface area contributed by atoms with Crippen molar-refractivity contribution >= 4 is 59.7 Å². The van der Waals surface area contributed by atoms with E-state index >= 15 is 0 Å². The van der Waals surface area contributed by atoms with Gasteiger partial charge in [-0.1, -0.05) is 47.0 Å². The predicted molar refractivity (Wildman–Crippen MR) is 63.6 cm³/mol. The molecule has 0 saturated carbocycles. The summed E-state index contributed by atoms with van der Waals surface area (Å²) in [6, 6.07) is 0. The highest BCUT2D eigenvalue weighted by atomic mass is 32.2. The fourth-order valence-corrected chi connectivity index (χ4v) is 5.33. The summed E-state index contributed by atoms with van der Waals surface area (Å²) in [6.07, 6.45) is 0. The molecule has 0 N–H and O–H groups in total. The van der Waals surface area contributed by atoms with Gasteiger partial charge in [-0.15, -0.1) is 12.6 Å². The van der Waals surface area contributed by atoms with E-state index in [0.29, 0.717) is 0 Å². The Hall–Kier alpha value is 0.970. The summed E-state index contributed by atoms with van der Waals surface area (Å²) in [5.74, 6) is 0. The number of hydrogen-bond acceptors (Lipinski definition) is 5. The molecule has 0 aromatic heterocycles. The maximum atomic E-state index is 4.27. The molecule has 0 amide bonds. The van der Waals surface area contributed by atoms with E-state index < -0.39 is 0 Å². The molecule has 0 saturated heterocycles. The van der Waals surface area contributed by atoms with Crippen molar-refractivity contribution in [2.45, 2.75) is 0 Å². The van der Waals surface area contributed by atoms with Crippen molar-refractivity contribution in [2.24, 2.45) is 0 Å². The van der Waals surface area contributed by atoms with Crippen LogP contribution in [0.2, 0.25) is 0 Å². The van der Waals surface area contributed by atoms with Gasteiger partial charge in [-0.05, 0) is 16.2 Å². The first-order valence-corrected chi connectivity index (χ1v) is 6.73. The molecule has 2 aliphatic heterocycles. The van der Waals surface area contributed by atoms with Crippen LogP contribution < -0.4 is 0 Å². The number of rotatable bonds is 0. The van der Waals surface area contributed by atoms with Crippen molar-refractivity contribution in [2.75, 3.05) is 0 Å². The molecule has 2 aliphatic rings. The Bertz CT molecular complexity index is 252. The van der Waals surface area contributed by atoms with Crippen LogP contribution in [0.15, 0.2) is 28.9 Å². The maximum Gasteiger partial charge on any atom is 0.0705 e. The van der Waals surface area contributed by atoms with Gasteiger partial charge in [0.05, 0.1) is 8.47 Å². The Morgan fingerprint density at radius 3 is 2.27 bits per heavy atom. The minimum absolute atomic E-state index is 1.10. The topological polar surface area (TPSA) is 0 Å². The van der Waals surface area contributed by atoms with E-state index in [1.165, 1.54) is 8.47 Å². The van der Waals surface area contributed by atoms with Crippen LogP contribution in [-0.2, 0) is 0 Å². The molecule has 0 radical (unpaired) electrons. The largest absolute Gasteiger partial charge is 0.136 e. The normalized spacial score (nSPS) is 23.2. The van der Waals surface area contributed by atoms with Crippen molar-refractivity contribution in [3.63, 3.8) is 0 Å². The van der Waals surface area contributed by atoms with Crippen LogP contribution in [0.3, 0.4) is 0 Å². The fourth-order valence-electron chi connectivity index (χ4n) is 0.640. The molecule has 0 spiro atoms. The molecule has 0 nitrogen and oxygen atoms in total. The lowest BCUT2D eigenvalue weighted by molar-refractivity contribution is 2.38. The van der Waals surface area contributed by atoms with Gasteiger partial charge in [-0.25, -0.2) is 0 Å². The summed E-state index contributed by atoms with van der Waals surface area (Å²) in [6.45, 7) is 0. The summed E-state index contributed by atoms with van der Waals surface area (Å²) >= 11 is 11.4. The Balaban J connectivity index is 2.12. The van der Waals surface area contributed by atoms with Crippen LogP contribution in [0.25, 0.3) is 0 Å². The first kappa shape index (κ1) is 8.56. The summed E-state index contributed by atoms with van der Waals surface area (Å²) in [5.41, 5.74) is 0. The average molecular weight is 236 g/mol. The lowest BCUT2D eigenvalue weighted by Crippen LogP contribution is -1.63. The second kappa shape index (κ2) is 3.79. The summed E-state index contributed by atoms with van der Waals surface area (Å²) in [7, 11) is 0. The first-order chi connectivity index (χ1) is 5.36. The van der Waals surface area contributed by atoms with Crippen molar-refractivity contribution < 1.29 is 0 Å². The Labute approximate surface area is 88.1 Å². The highest BCUT2D eigenvalue weighted by Gasteiger charge is 2.16. The molecule has 0 bridgehead atoms. The molecule has 11 heavy (non-hydrogen) atoms. The van der Waals surface area contributed by atoms with Gasteiger partial charge in [0.1, 0.15) is 0 Å². The number of thiol groups is 1. The van der Waals surface area contributed by atoms with E-state index in [4.69, 9.17) is 0 Å². The van der Waals surface area contributed by atoms with Crippen molar-refractivity contribution in [3.8, 4) is 0 Å². The van der Waals surface area contributed by atoms with Crippen LogP contribution in [-0.4, -0.2) is 0 Å². The summed E-state index contributed by atoms with van der Waals surface area (Å²) in [4.78, 5) is 0. The third-order valence-electron chi connectivity index (χ3n) is 1.04. The summed E-state index contributed by atoms with van der Waals surface area (Å²) < 4.78 is 3.86. The Kier molecular flexibility index (Phi) is 2.95. The van der Waals surface area contributed by atoms with Gasteiger partial charge >= 0.3 is 0 Å². The SMILES string of the molecule is SC1=CSC(=C2SC=CS2)S1. The molecule has 0 aromatic rings. The van der Waals surface area contributed by atoms with Gasteiger partial charge in [0.25, 0.3) is 0 Å². The summed E-state index contributed by atoms with van der Waals surface area (Å²) in [5, 5.41) is 6.31. The zero-order valence-electron chi connectivity index (χ0n) is 5.31. The predicted octanol–water partition coefficient (Wildman–Crippen LogP) is 4.27. The van der Waals surface area contributed by atoms with E-state index in [1.54, 1.807) is 47.0 Å². The molecule has 58 valence electrons. The standard InChI is InChI=1S/C6H4S5/c7-4-3-10-6(11-4)5-8-1-2-9-5/h1-3,7H. The van der Waals surface area contributed by atoms with Crippen LogP contribution in [0.4, 0.5) is 0 Å². The van der Waals surface area contributed by atoms with Crippen molar-refractivity contribution in [1.29, 1.82) is 0 Å². The third kappa shape index (κ3) is 2.01. The maximum absolute atomic E-state index is 4.27. The second-order valence-electron chi connectivity index (χ2n) is 1.76. The monoisotopic (exact) mass is 236 g/mol. The van der Waals surface area contributed by atoms with Gasteiger partial charge in [0.15, 0.2) is 0 Å². The molecule has 0 aromatic carbocycles. The van der Waals surface area contributed by atoms with E-state index in [2.05, 4.69) is 28.9 Å². The van der Waals surface area contributed by atoms with Crippen LogP contribution in [0.5, 0.6) is 0 Å². The molecule has 0 aliphatic carbocycles. The van der Waals surface area contributed by atoms with Crippen molar-refractivity contribution in [1.82, 2.24) is 0 Å². The van der Waals surface area contributed by atoms with Gasteiger partial charge in [0, 0.05) is 4.24 Å². The highest BCUT2D eigenvalue weighted by molar-refractivity contribution is 8.36.